The summed E-state index contributed by atoms with van der Waals surface area (Å²) in [4.78, 5) is 26.2. The summed E-state index contributed by atoms with van der Waals surface area (Å²) in [6.07, 6.45) is 2.48. The van der Waals surface area contributed by atoms with E-state index in [9.17, 15) is 18.0 Å². The van der Waals surface area contributed by atoms with Crippen molar-refractivity contribution in [2.24, 2.45) is 0 Å². The summed E-state index contributed by atoms with van der Waals surface area (Å²) in [5.41, 5.74) is 2.15. The molecule has 2 atom stereocenters. The molecule has 1 N–H and O–H groups in total. The van der Waals surface area contributed by atoms with Crippen molar-refractivity contribution in [1.82, 2.24) is 9.21 Å². The molecule has 27 heavy (non-hydrogen) atoms. The number of carbonyl (C=O) groups is 2. The number of rotatable bonds is 2. The van der Waals surface area contributed by atoms with Gasteiger partial charge in [-0.05, 0) is 36.6 Å². The molecule has 0 radical (unpaired) electrons. The first-order chi connectivity index (χ1) is 12.8. The molecule has 2 fully saturated rings. The van der Waals surface area contributed by atoms with Gasteiger partial charge in [-0.2, -0.15) is 4.31 Å². The van der Waals surface area contributed by atoms with E-state index in [4.69, 9.17) is 4.74 Å². The number of fused-ring (bicyclic) bond motifs is 2. The quantitative estimate of drug-likeness (QED) is 0.787. The molecule has 0 aliphatic carbocycles. The van der Waals surface area contributed by atoms with Crippen molar-refractivity contribution in [2.45, 2.75) is 31.4 Å². The third kappa shape index (κ3) is 3.59. The van der Waals surface area contributed by atoms with Gasteiger partial charge in [-0.3, -0.25) is 9.59 Å². The fraction of sp³-hybridized carbons (Fsp3) is 0.556. The molecule has 1 aromatic carbocycles. The van der Waals surface area contributed by atoms with Crippen LogP contribution in [0.5, 0.6) is 0 Å². The molecular weight excluding hydrogens is 370 g/mol. The highest BCUT2D eigenvalue weighted by Gasteiger charge is 2.39. The lowest BCUT2D eigenvalue weighted by molar-refractivity contribution is -0.115. The van der Waals surface area contributed by atoms with Gasteiger partial charge in [0.25, 0.3) is 5.91 Å². The number of ether oxygens (including phenoxy) is 1. The summed E-state index contributed by atoms with van der Waals surface area (Å²) in [5, 5.41) is 2.76. The Balaban J connectivity index is 1.50. The fourth-order valence-corrected chi connectivity index (χ4v) is 5.34. The van der Waals surface area contributed by atoms with Crippen LogP contribution in [0.3, 0.4) is 0 Å². The normalized spacial score (nSPS) is 26.1. The minimum Gasteiger partial charge on any atom is -0.375 e. The first-order valence-corrected chi connectivity index (χ1v) is 11.0. The molecule has 0 unspecified atom stereocenters. The maximum atomic E-state index is 13.0. The molecular formula is C18H23N3O5S. The van der Waals surface area contributed by atoms with Crippen LogP contribution in [-0.4, -0.2) is 74.1 Å². The van der Waals surface area contributed by atoms with Gasteiger partial charge in [0.05, 0.1) is 31.4 Å². The molecule has 1 aromatic rings. The predicted octanol–water partition coefficient (Wildman–Crippen LogP) is 0.446. The highest BCUT2D eigenvalue weighted by molar-refractivity contribution is 7.88. The van der Waals surface area contributed by atoms with Crippen LogP contribution >= 0.6 is 0 Å². The van der Waals surface area contributed by atoms with Crippen molar-refractivity contribution in [2.75, 3.05) is 37.8 Å². The van der Waals surface area contributed by atoms with Crippen molar-refractivity contribution in [3.63, 3.8) is 0 Å². The van der Waals surface area contributed by atoms with Crippen LogP contribution < -0.4 is 5.32 Å². The van der Waals surface area contributed by atoms with E-state index in [1.54, 1.807) is 23.1 Å². The number of likely N-dealkylation sites (tertiary alicyclic amines) is 1. The number of benzene rings is 1. The van der Waals surface area contributed by atoms with Gasteiger partial charge in [0.15, 0.2) is 0 Å². The zero-order valence-electron chi connectivity index (χ0n) is 15.2. The Bertz CT molecular complexity index is 885. The van der Waals surface area contributed by atoms with E-state index in [0.29, 0.717) is 44.6 Å². The molecule has 0 saturated carbocycles. The number of sulfonamides is 1. The monoisotopic (exact) mass is 393 g/mol. The van der Waals surface area contributed by atoms with Crippen LogP contribution in [0.1, 0.15) is 28.8 Å². The van der Waals surface area contributed by atoms with Gasteiger partial charge >= 0.3 is 0 Å². The van der Waals surface area contributed by atoms with E-state index in [1.165, 1.54) is 10.6 Å². The largest absolute Gasteiger partial charge is 0.375 e. The minimum atomic E-state index is -3.30. The number of hydrogen-bond donors (Lipinski definition) is 1. The maximum Gasteiger partial charge on any atom is 0.253 e. The van der Waals surface area contributed by atoms with E-state index in [0.717, 1.165) is 11.3 Å². The smallest absolute Gasteiger partial charge is 0.253 e. The van der Waals surface area contributed by atoms with Gasteiger partial charge in [-0.25, -0.2) is 8.42 Å². The van der Waals surface area contributed by atoms with Gasteiger partial charge < -0.3 is 15.0 Å². The van der Waals surface area contributed by atoms with E-state index < -0.39 is 10.0 Å². The molecule has 3 heterocycles. The van der Waals surface area contributed by atoms with Crippen molar-refractivity contribution in [1.29, 1.82) is 0 Å². The highest BCUT2D eigenvalue weighted by atomic mass is 32.2. The summed E-state index contributed by atoms with van der Waals surface area (Å²) in [5.74, 6) is -0.159. The summed E-state index contributed by atoms with van der Waals surface area (Å²) in [7, 11) is -3.30. The zero-order valence-corrected chi connectivity index (χ0v) is 16.0. The maximum absolute atomic E-state index is 13.0. The van der Waals surface area contributed by atoms with Crippen LogP contribution in [0, 0.1) is 0 Å². The number of morpholine rings is 1. The first-order valence-electron chi connectivity index (χ1n) is 9.13. The molecule has 3 aliphatic heterocycles. The average Bonchev–Trinajstić information content (AvgIpc) is 2.85. The Labute approximate surface area is 158 Å². The van der Waals surface area contributed by atoms with E-state index in [1.807, 2.05) is 0 Å². The lowest BCUT2D eigenvalue weighted by atomic mass is 10.0. The first kappa shape index (κ1) is 18.4. The third-order valence-electron chi connectivity index (χ3n) is 5.51. The molecule has 3 aliphatic rings. The molecule has 0 bridgehead atoms. The van der Waals surface area contributed by atoms with E-state index in [2.05, 4.69) is 5.32 Å². The van der Waals surface area contributed by atoms with Gasteiger partial charge in [0, 0.05) is 30.9 Å². The second-order valence-corrected chi connectivity index (χ2v) is 9.25. The molecule has 146 valence electrons. The summed E-state index contributed by atoms with van der Waals surface area (Å²) < 4.78 is 31.5. The Kier molecular flexibility index (Phi) is 4.69. The molecule has 4 rings (SSSR count). The van der Waals surface area contributed by atoms with Crippen LogP contribution in [-0.2, 0) is 26.0 Å². The van der Waals surface area contributed by atoms with Gasteiger partial charge in [0.1, 0.15) is 0 Å². The Morgan fingerprint density at radius 2 is 2.00 bits per heavy atom. The lowest BCUT2D eigenvalue weighted by Crippen LogP contribution is -2.53. The summed E-state index contributed by atoms with van der Waals surface area (Å²) in [6, 6.07) is 5.03. The van der Waals surface area contributed by atoms with Crippen LogP contribution in [0.4, 0.5) is 5.69 Å². The number of anilines is 1. The Hall–Kier alpha value is -1.97. The van der Waals surface area contributed by atoms with Crippen molar-refractivity contribution < 1.29 is 22.7 Å². The van der Waals surface area contributed by atoms with Crippen molar-refractivity contribution in [3.05, 3.63) is 29.3 Å². The van der Waals surface area contributed by atoms with Crippen LogP contribution in [0.25, 0.3) is 0 Å². The predicted molar refractivity (Wildman–Crippen MR) is 99.0 cm³/mol. The summed E-state index contributed by atoms with van der Waals surface area (Å²) >= 11 is 0. The average molecular weight is 393 g/mol. The number of carbonyl (C=O) groups excluding carboxylic acids is 2. The SMILES string of the molecule is CS(=O)(=O)N1CCO[C@@H]2CCN(C(=O)c3ccc4c(c3)CC(=O)N4)CC[C@H]21. The number of hydrogen-bond acceptors (Lipinski definition) is 5. The van der Waals surface area contributed by atoms with Gasteiger partial charge in [-0.1, -0.05) is 0 Å². The summed E-state index contributed by atoms with van der Waals surface area (Å²) in [6.45, 7) is 1.74. The molecule has 0 aromatic heterocycles. The van der Waals surface area contributed by atoms with Gasteiger partial charge in [0.2, 0.25) is 15.9 Å². The van der Waals surface area contributed by atoms with E-state index >= 15 is 0 Å². The standard InChI is InChI=1S/C18H23N3O5S/c1-27(24,25)21-8-9-26-16-5-7-20(6-4-15(16)21)18(23)12-2-3-14-13(10-12)11-17(22)19-14/h2-3,10,15-16H,4-9,11H2,1H3,(H,19,22)/t15-,16-/m1/s1. The number of nitrogens with one attached hydrogen (secondary N) is 1. The second-order valence-electron chi connectivity index (χ2n) is 7.32. The van der Waals surface area contributed by atoms with E-state index in [-0.39, 0.29) is 30.4 Å². The topological polar surface area (TPSA) is 96.0 Å². The third-order valence-corrected chi connectivity index (χ3v) is 6.82. The fourth-order valence-electron chi connectivity index (χ4n) is 4.20. The lowest BCUT2D eigenvalue weighted by Gasteiger charge is -2.38. The van der Waals surface area contributed by atoms with Crippen LogP contribution in [0.2, 0.25) is 0 Å². The minimum absolute atomic E-state index is 0.0635. The molecule has 8 nitrogen and oxygen atoms in total. The van der Waals surface area contributed by atoms with Crippen molar-refractivity contribution in [3.8, 4) is 0 Å². The Morgan fingerprint density at radius 3 is 2.78 bits per heavy atom. The number of amides is 2. The second kappa shape index (κ2) is 6.88. The van der Waals surface area contributed by atoms with Crippen molar-refractivity contribution >= 4 is 27.5 Å². The van der Waals surface area contributed by atoms with Gasteiger partial charge in [-0.15, -0.1) is 0 Å². The zero-order chi connectivity index (χ0) is 19.2. The molecule has 2 saturated heterocycles. The number of nitrogens with zero attached hydrogens (tertiary/aromatic N) is 2. The molecule has 9 heteroatoms. The highest BCUT2D eigenvalue weighted by Crippen LogP contribution is 2.28. The van der Waals surface area contributed by atoms with Crippen LogP contribution in [0.15, 0.2) is 18.2 Å². The molecule has 0 spiro atoms. The molecule has 2 amide bonds. The Morgan fingerprint density at radius 1 is 1.22 bits per heavy atom.